The van der Waals surface area contributed by atoms with E-state index in [1.807, 2.05) is 0 Å². The van der Waals surface area contributed by atoms with Crippen LogP contribution in [0.4, 0.5) is 0 Å². The minimum Gasteiger partial charge on any atom is -0.391 e. The summed E-state index contributed by atoms with van der Waals surface area (Å²) >= 11 is 0. The summed E-state index contributed by atoms with van der Waals surface area (Å²) in [6.45, 7) is 0.406. The molecule has 0 aromatic carbocycles. The minimum atomic E-state index is -0.677. The zero-order chi connectivity index (χ0) is 10.7. The number of aliphatic hydroxyl groups is 1. The zero-order valence-electron chi connectivity index (χ0n) is 7.85. The fourth-order valence-electron chi connectivity index (χ4n) is 1.63. The molecular weight excluding hydrogens is 186 g/mol. The van der Waals surface area contributed by atoms with Crippen molar-refractivity contribution in [3.8, 4) is 0 Å². The Balaban J connectivity index is 2.66. The molecule has 0 radical (unpaired) electrons. The summed E-state index contributed by atoms with van der Waals surface area (Å²) in [5.74, 6) is -0.806. The van der Waals surface area contributed by atoms with Gasteiger partial charge in [0.05, 0.1) is 6.10 Å². The molecule has 6 nitrogen and oxygen atoms in total. The molecular formula is C8H15N3O3. The second-order valence-electron chi connectivity index (χ2n) is 3.39. The van der Waals surface area contributed by atoms with E-state index in [9.17, 15) is 14.7 Å². The Morgan fingerprint density at radius 1 is 1.50 bits per heavy atom. The van der Waals surface area contributed by atoms with Crippen molar-refractivity contribution in [1.29, 1.82) is 0 Å². The Labute approximate surface area is 81.8 Å². The number of rotatable bonds is 3. The number of hydrogen-bond acceptors (Lipinski definition) is 4. The van der Waals surface area contributed by atoms with E-state index in [-0.39, 0.29) is 31.8 Å². The van der Waals surface area contributed by atoms with Gasteiger partial charge in [0.2, 0.25) is 11.8 Å². The molecule has 2 amide bonds. The van der Waals surface area contributed by atoms with E-state index in [4.69, 9.17) is 11.5 Å². The largest absolute Gasteiger partial charge is 0.391 e. The van der Waals surface area contributed by atoms with E-state index in [1.54, 1.807) is 0 Å². The third kappa shape index (κ3) is 2.21. The van der Waals surface area contributed by atoms with Crippen molar-refractivity contribution in [3.05, 3.63) is 0 Å². The van der Waals surface area contributed by atoms with Gasteiger partial charge in [-0.15, -0.1) is 0 Å². The van der Waals surface area contributed by atoms with Gasteiger partial charge in [-0.2, -0.15) is 0 Å². The van der Waals surface area contributed by atoms with Gasteiger partial charge in [0, 0.05) is 25.9 Å². The monoisotopic (exact) mass is 201 g/mol. The van der Waals surface area contributed by atoms with Crippen LogP contribution in [0.25, 0.3) is 0 Å². The van der Waals surface area contributed by atoms with Gasteiger partial charge in [0.15, 0.2) is 0 Å². The number of carbonyl (C=O) groups is 2. The van der Waals surface area contributed by atoms with Crippen LogP contribution in [0.15, 0.2) is 0 Å². The third-order valence-corrected chi connectivity index (χ3v) is 2.29. The molecule has 0 spiro atoms. The highest BCUT2D eigenvalue weighted by molar-refractivity contribution is 5.87. The lowest BCUT2D eigenvalue weighted by Crippen LogP contribution is -2.44. The van der Waals surface area contributed by atoms with Crippen LogP contribution in [-0.2, 0) is 9.59 Å². The average Bonchev–Trinajstić information content (AvgIpc) is 2.48. The van der Waals surface area contributed by atoms with Crippen molar-refractivity contribution in [1.82, 2.24) is 4.90 Å². The molecule has 80 valence electrons. The standard InChI is InChI=1S/C8H15N3O3/c9-2-1-7(13)11-4-5(12)3-6(11)8(10)14/h5-6,12H,1-4,9H2,(H2,10,14). The number of hydrogen-bond donors (Lipinski definition) is 3. The van der Waals surface area contributed by atoms with Gasteiger partial charge >= 0.3 is 0 Å². The number of nitrogens with two attached hydrogens (primary N) is 2. The molecule has 0 bridgehead atoms. The number of nitrogens with zero attached hydrogens (tertiary/aromatic N) is 1. The number of β-amino-alcohol motifs (C(OH)–C–C–N with tert-alkyl or cyclic N) is 1. The second kappa shape index (κ2) is 4.39. The zero-order valence-corrected chi connectivity index (χ0v) is 7.85. The van der Waals surface area contributed by atoms with E-state index in [1.165, 1.54) is 4.90 Å². The molecule has 0 aromatic heterocycles. The van der Waals surface area contributed by atoms with Crippen LogP contribution in [0, 0.1) is 0 Å². The lowest BCUT2D eigenvalue weighted by atomic mass is 10.2. The average molecular weight is 201 g/mol. The van der Waals surface area contributed by atoms with Crippen LogP contribution in [0.5, 0.6) is 0 Å². The second-order valence-corrected chi connectivity index (χ2v) is 3.39. The van der Waals surface area contributed by atoms with E-state index in [0.29, 0.717) is 0 Å². The van der Waals surface area contributed by atoms with E-state index >= 15 is 0 Å². The molecule has 6 heteroatoms. The molecule has 2 atom stereocenters. The molecule has 0 saturated carbocycles. The Hall–Kier alpha value is -1.14. The Morgan fingerprint density at radius 3 is 2.64 bits per heavy atom. The summed E-state index contributed by atoms with van der Waals surface area (Å²) in [5.41, 5.74) is 10.3. The third-order valence-electron chi connectivity index (χ3n) is 2.29. The molecule has 0 aliphatic carbocycles. The van der Waals surface area contributed by atoms with Crippen LogP contribution in [0.2, 0.25) is 0 Å². The van der Waals surface area contributed by atoms with Crippen molar-refractivity contribution >= 4 is 11.8 Å². The molecule has 1 rings (SSSR count). The van der Waals surface area contributed by atoms with Crippen LogP contribution < -0.4 is 11.5 Å². The van der Waals surface area contributed by atoms with E-state index in [2.05, 4.69) is 0 Å². The normalized spacial score (nSPS) is 26.6. The van der Waals surface area contributed by atoms with Crippen molar-refractivity contribution in [2.75, 3.05) is 13.1 Å². The summed E-state index contributed by atoms with van der Waals surface area (Å²) in [5, 5.41) is 9.30. The van der Waals surface area contributed by atoms with Crippen molar-refractivity contribution in [3.63, 3.8) is 0 Å². The Morgan fingerprint density at radius 2 is 2.14 bits per heavy atom. The highest BCUT2D eigenvalue weighted by Crippen LogP contribution is 2.18. The lowest BCUT2D eigenvalue weighted by molar-refractivity contribution is -0.137. The SMILES string of the molecule is NCCC(=O)N1CC(O)CC1C(N)=O. The van der Waals surface area contributed by atoms with Gasteiger partial charge in [0.25, 0.3) is 0 Å². The van der Waals surface area contributed by atoms with E-state index < -0.39 is 18.1 Å². The molecule has 2 unspecified atom stereocenters. The number of aliphatic hydroxyl groups excluding tert-OH is 1. The van der Waals surface area contributed by atoms with Gasteiger partial charge < -0.3 is 21.5 Å². The molecule has 1 fully saturated rings. The Bertz CT molecular complexity index is 244. The quantitative estimate of drug-likeness (QED) is 0.480. The van der Waals surface area contributed by atoms with Crippen molar-refractivity contribution < 1.29 is 14.7 Å². The smallest absolute Gasteiger partial charge is 0.240 e. The predicted octanol–water partition coefficient (Wildman–Crippen LogP) is -2.22. The molecule has 14 heavy (non-hydrogen) atoms. The van der Waals surface area contributed by atoms with Gasteiger partial charge in [-0.1, -0.05) is 0 Å². The molecule has 1 aliphatic heterocycles. The first kappa shape index (κ1) is 10.9. The molecule has 0 aromatic rings. The number of primary amides is 1. The summed E-state index contributed by atoms with van der Waals surface area (Å²) in [7, 11) is 0. The molecule has 1 heterocycles. The first-order chi connectivity index (χ1) is 6.56. The summed E-state index contributed by atoms with van der Waals surface area (Å²) in [6, 6.07) is -0.677. The maximum absolute atomic E-state index is 11.4. The fourth-order valence-corrected chi connectivity index (χ4v) is 1.63. The summed E-state index contributed by atoms with van der Waals surface area (Å²) < 4.78 is 0. The first-order valence-electron chi connectivity index (χ1n) is 4.53. The predicted molar refractivity (Wildman–Crippen MR) is 49.0 cm³/mol. The first-order valence-corrected chi connectivity index (χ1v) is 4.53. The number of amides is 2. The Kier molecular flexibility index (Phi) is 3.43. The topological polar surface area (TPSA) is 110 Å². The minimum absolute atomic E-state index is 0.173. The summed E-state index contributed by atoms with van der Waals surface area (Å²) in [6.07, 6.45) is -0.253. The molecule has 5 N–H and O–H groups in total. The highest BCUT2D eigenvalue weighted by Gasteiger charge is 2.37. The van der Waals surface area contributed by atoms with Gasteiger partial charge in [-0.05, 0) is 0 Å². The van der Waals surface area contributed by atoms with Gasteiger partial charge in [-0.25, -0.2) is 0 Å². The lowest BCUT2D eigenvalue weighted by Gasteiger charge is -2.21. The maximum Gasteiger partial charge on any atom is 0.240 e. The van der Waals surface area contributed by atoms with Gasteiger partial charge in [-0.3, -0.25) is 9.59 Å². The summed E-state index contributed by atoms with van der Waals surface area (Å²) in [4.78, 5) is 23.7. The molecule has 1 aliphatic rings. The van der Waals surface area contributed by atoms with Crippen molar-refractivity contribution in [2.24, 2.45) is 11.5 Å². The van der Waals surface area contributed by atoms with Crippen LogP contribution in [-0.4, -0.2) is 47.1 Å². The number of carbonyl (C=O) groups excluding carboxylic acids is 2. The fraction of sp³-hybridized carbons (Fsp3) is 0.750. The number of likely N-dealkylation sites (tertiary alicyclic amines) is 1. The van der Waals surface area contributed by atoms with Crippen LogP contribution in [0.1, 0.15) is 12.8 Å². The molecule has 1 saturated heterocycles. The highest BCUT2D eigenvalue weighted by atomic mass is 16.3. The van der Waals surface area contributed by atoms with E-state index in [0.717, 1.165) is 0 Å². The van der Waals surface area contributed by atoms with Crippen LogP contribution in [0.3, 0.4) is 0 Å². The van der Waals surface area contributed by atoms with Crippen LogP contribution >= 0.6 is 0 Å². The maximum atomic E-state index is 11.4. The van der Waals surface area contributed by atoms with Gasteiger partial charge in [0.1, 0.15) is 6.04 Å². The van der Waals surface area contributed by atoms with Crippen molar-refractivity contribution in [2.45, 2.75) is 25.0 Å².